The molecular formula is C27H38N6S. The normalized spacial score (nSPS) is 20.5. The van der Waals surface area contributed by atoms with Gasteiger partial charge in [0.25, 0.3) is 0 Å². The van der Waals surface area contributed by atoms with Crippen LogP contribution in [0.2, 0.25) is 0 Å². The molecule has 182 valence electrons. The Kier molecular flexibility index (Phi) is 7.18. The molecule has 3 heterocycles. The van der Waals surface area contributed by atoms with Crippen molar-refractivity contribution in [1.29, 1.82) is 0 Å². The fourth-order valence-electron chi connectivity index (χ4n) is 5.79. The van der Waals surface area contributed by atoms with Crippen LogP contribution in [0.4, 0.5) is 17.6 Å². The van der Waals surface area contributed by atoms with Crippen LogP contribution in [0.25, 0.3) is 0 Å². The van der Waals surface area contributed by atoms with Gasteiger partial charge in [-0.05, 0) is 62.2 Å². The maximum absolute atomic E-state index is 5.73. The molecule has 34 heavy (non-hydrogen) atoms. The molecule has 2 saturated heterocycles. The maximum Gasteiger partial charge on any atom is 0.232 e. The van der Waals surface area contributed by atoms with E-state index in [0.29, 0.717) is 11.1 Å². The molecule has 0 amide bonds. The van der Waals surface area contributed by atoms with Gasteiger partial charge in [0.15, 0.2) is 5.11 Å². The lowest BCUT2D eigenvalue weighted by atomic mass is 9.79. The summed E-state index contributed by atoms with van der Waals surface area (Å²) in [5, 5.41) is 7.46. The number of aromatic nitrogens is 2. The molecule has 6 nitrogen and oxygen atoms in total. The van der Waals surface area contributed by atoms with Gasteiger partial charge in [-0.1, -0.05) is 50.1 Å². The van der Waals surface area contributed by atoms with Gasteiger partial charge in [-0.25, -0.2) is 0 Å². The minimum Gasteiger partial charge on any atom is -0.361 e. The lowest BCUT2D eigenvalue weighted by molar-refractivity contribution is 0.435. The summed E-state index contributed by atoms with van der Waals surface area (Å²) < 4.78 is 0. The zero-order valence-electron chi connectivity index (χ0n) is 20.4. The third-order valence-corrected chi connectivity index (χ3v) is 8.24. The Morgan fingerprint density at radius 1 is 0.941 bits per heavy atom. The molecule has 0 atom stereocenters. The first-order valence-corrected chi connectivity index (χ1v) is 13.5. The van der Waals surface area contributed by atoms with Crippen LogP contribution in [0.1, 0.15) is 63.9 Å². The zero-order valence-corrected chi connectivity index (χ0v) is 21.2. The number of rotatable bonds is 6. The van der Waals surface area contributed by atoms with Crippen molar-refractivity contribution in [3.63, 3.8) is 0 Å². The van der Waals surface area contributed by atoms with Crippen LogP contribution < -0.4 is 20.4 Å². The van der Waals surface area contributed by atoms with Gasteiger partial charge in [-0.2, -0.15) is 9.97 Å². The van der Waals surface area contributed by atoms with Gasteiger partial charge < -0.3 is 20.4 Å². The standard InChI is InChI=1S/C27H38N6S/c1-21-11-17-33(18-12-21)24-19-23(32-15-7-8-16-32)29-25(30-24)31-26(34)28-20-27(13-5-6-14-27)22-9-3-2-4-10-22/h2-4,9-10,19,21H,5-8,11-18,20H2,1H3,(H2,28,29,30,31,34). The predicted molar refractivity (Wildman–Crippen MR) is 145 cm³/mol. The number of hydrogen-bond donors (Lipinski definition) is 2. The highest BCUT2D eigenvalue weighted by Crippen LogP contribution is 2.40. The summed E-state index contributed by atoms with van der Waals surface area (Å²) in [5.74, 6) is 3.43. The van der Waals surface area contributed by atoms with Crippen LogP contribution >= 0.6 is 12.2 Å². The minimum absolute atomic E-state index is 0.154. The summed E-state index contributed by atoms with van der Waals surface area (Å²) in [4.78, 5) is 14.6. The molecule has 0 unspecified atom stereocenters. The van der Waals surface area contributed by atoms with Gasteiger partial charge in [0, 0.05) is 44.2 Å². The lowest BCUT2D eigenvalue weighted by Crippen LogP contribution is -2.41. The molecule has 1 aromatic carbocycles. The van der Waals surface area contributed by atoms with Crippen molar-refractivity contribution in [2.45, 2.75) is 63.7 Å². The summed E-state index contributed by atoms with van der Waals surface area (Å²) in [5.41, 5.74) is 1.57. The van der Waals surface area contributed by atoms with E-state index in [1.807, 2.05) is 0 Å². The van der Waals surface area contributed by atoms with Crippen LogP contribution in [-0.2, 0) is 5.41 Å². The van der Waals surface area contributed by atoms with Crippen LogP contribution in [0.15, 0.2) is 36.4 Å². The van der Waals surface area contributed by atoms with E-state index in [-0.39, 0.29) is 5.41 Å². The number of nitrogens with one attached hydrogen (secondary N) is 2. The molecule has 0 radical (unpaired) electrons. The Morgan fingerprint density at radius 2 is 1.56 bits per heavy atom. The number of benzene rings is 1. The van der Waals surface area contributed by atoms with Crippen molar-refractivity contribution < 1.29 is 0 Å². The van der Waals surface area contributed by atoms with Crippen molar-refractivity contribution in [1.82, 2.24) is 15.3 Å². The van der Waals surface area contributed by atoms with Gasteiger partial charge in [0.1, 0.15) is 11.6 Å². The van der Waals surface area contributed by atoms with Gasteiger partial charge in [0.05, 0.1) is 0 Å². The summed E-state index contributed by atoms with van der Waals surface area (Å²) in [7, 11) is 0. The van der Waals surface area contributed by atoms with Crippen LogP contribution in [0, 0.1) is 5.92 Å². The van der Waals surface area contributed by atoms with E-state index in [2.05, 4.69) is 63.8 Å². The third-order valence-electron chi connectivity index (χ3n) is 8.00. The number of thiocarbonyl (C=S) groups is 1. The average Bonchev–Trinajstić information content (AvgIpc) is 3.57. The molecule has 0 spiro atoms. The highest BCUT2D eigenvalue weighted by atomic mass is 32.1. The molecule has 2 aliphatic heterocycles. The number of anilines is 3. The molecule has 7 heteroatoms. The summed E-state index contributed by atoms with van der Waals surface area (Å²) in [6.45, 7) is 7.42. The second-order valence-electron chi connectivity index (χ2n) is 10.4. The van der Waals surface area contributed by atoms with Crippen molar-refractivity contribution >= 4 is 34.9 Å². The molecule has 3 fully saturated rings. The molecule has 5 rings (SSSR count). The van der Waals surface area contributed by atoms with Gasteiger partial charge in [-0.15, -0.1) is 0 Å². The fraction of sp³-hybridized carbons (Fsp3) is 0.593. The maximum atomic E-state index is 5.73. The van der Waals surface area contributed by atoms with E-state index in [9.17, 15) is 0 Å². The van der Waals surface area contributed by atoms with Crippen molar-refractivity contribution in [2.24, 2.45) is 5.92 Å². The van der Waals surface area contributed by atoms with Gasteiger partial charge in [-0.3, -0.25) is 0 Å². The first-order valence-electron chi connectivity index (χ1n) is 13.1. The number of nitrogens with zero attached hydrogens (tertiary/aromatic N) is 4. The Balaban J connectivity index is 1.30. The summed E-state index contributed by atoms with van der Waals surface area (Å²) in [6, 6.07) is 13.1. The molecule has 1 aliphatic carbocycles. The smallest absolute Gasteiger partial charge is 0.232 e. The largest absolute Gasteiger partial charge is 0.361 e. The topological polar surface area (TPSA) is 56.3 Å². The first kappa shape index (κ1) is 23.3. The lowest BCUT2D eigenvalue weighted by Gasteiger charge is -2.32. The minimum atomic E-state index is 0.154. The first-order chi connectivity index (χ1) is 16.6. The van der Waals surface area contributed by atoms with Crippen molar-refractivity contribution in [2.75, 3.05) is 47.8 Å². The van der Waals surface area contributed by atoms with Gasteiger partial charge >= 0.3 is 0 Å². The SMILES string of the molecule is CC1CCN(c2cc(N3CCCC3)nc(NC(=S)NCC3(c4ccccc4)CCCC3)n2)CC1. The summed E-state index contributed by atoms with van der Waals surface area (Å²) in [6.07, 6.45) is 9.83. The van der Waals surface area contributed by atoms with E-state index < -0.39 is 0 Å². The number of hydrogen-bond acceptors (Lipinski definition) is 5. The molecule has 1 aromatic heterocycles. The van der Waals surface area contributed by atoms with E-state index >= 15 is 0 Å². The van der Waals surface area contributed by atoms with E-state index in [4.69, 9.17) is 22.2 Å². The summed E-state index contributed by atoms with van der Waals surface area (Å²) >= 11 is 5.73. The predicted octanol–water partition coefficient (Wildman–Crippen LogP) is 5.11. The van der Waals surface area contributed by atoms with Crippen molar-refractivity contribution in [3.05, 3.63) is 42.0 Å². The van der Waals surface area contributed by atoms with E-state index in [0.717, 1.165) is 50.3 Å². The molecule has 0 bridgehead atoms. The average molecular weight is 479 g/mol. The molecule has 1 saturated carbocycles. The Morgan fingerprint density at radius 3 is 2.21 bits per heavy atom. The Bertz CT molecular complexity index is 960. The third kappa shape index (κ3) is 5.29. The molecule has 2 aromatic rings. The molecular weight excluding hydrogens is 440 g/mol. The van der Waals surface area contributed by atoms with Crippen LogP contribution in [-0.4, -0.2) is 47.8 Å². The second-order valence-corrected chi connectivity index (χ2v) is 10.8. The molecule has 2 N–H and O–H groups in total. The van der Waals surface area contributed by atoms with Gasteiger partial charge in [0.2, 0.25) is 5.95 Å². The highest BCUT2D eigenvalue weighted by molar-refractivity contribution is 7.80. The van der Waals surface area contributed by atoms with Crippen LogP contribution in [0.3, 0.4) is 0 Å². The zero-order chi connectivity index (χ0) is 23.4. The quantitative estimate of drug-likeness (QED) is 0.560. The highest BCUT2D eigenvalue weighted by Gasteiger charge is 2.35. The second kappa shape index (κ2) is 10.5. The molecule has 3 aliphatic rings. The van der Waals surface area contributed by atoms with E-state index in [1.165, 1.54) is 56.9 Å². The van der Waals surface area contributed by atoms with Crippen LogP contribution in [0.5, 0.6) is 0 Å². The number of piperidine rings is 1. The Labute approximate surface area is 209 Å². The van der Waals surface area contributed by atoms with Crippen molar-refractivity contribution in [3.8, 4) is 0 Å². The van der Waals surface area contributed by atoms with E-state index in [1.54, 1.807) is 0 Å². The fourth-order valence-corrected chi connectivity index (χ4v) is 5.96. The monoisotopic (exact) mass is 478 g/mol. The Hall–Kier alpha value is -2.41.